The second-order valence-corrected chi connectivity index (χ2v) is 7.59. The van der Waals surface area contributed by atoms with Crippen LogP contribution in [-0.2, 0) is 13.1 Å². The second kappa shape index (κ2) is 9.38. The molecule has 1 aliphatic heterocycles. The summed E-state index contributed by atoms with van der Waals surface area (Å²) in [5.74, 6) is -0.0637. The van der Waals surface area contributed by atoms with Gasteiger partial charge in [-0.25, -0.2) is 4.39 Å². The van der Waals surface area contributed by atoms with Crippen LogP contribution < -0.4 is 0 Å². The normalized spacial score (nSPS) is 15.9. The molecule has 0 N–H and O–H groups in total. The predicted molar refractivity (Wildman–Crippen MR) is 104 cm³/mol. The van der Waals surface area contributed by atoms with Crippen molar-refractivity contribution in [2.45, 2.75) is 77.8 Å². The zero-order valence-electron chi connectivity index (χ0n) is 15.8. The highest BCUT2D eigenvalue weighted by atomic mass is 19.1. The fraction of sp³-hybridized carbons (Fsp3) is 0.636. The van der Waals surface area contributed by atoms with Crippen molar-refractivity contribution in [2.24, 2.45) is 0 Å². The number of fused-ring (bicyclic) bond motifs is 1. The molecule has 3 heteroatoms. The first-order valence-corrected chi connectivity index (χ1v) is 10.3. The number of aromatic nitrogens is 1. The van der Waals surface area contributed by atoms with E-state index in [0.717, 1.165) is 37.1 Å². The Labute approximate surface area is 152 Å². The van der Waals surface area contributed by atoms with E-state index in [1.165, 1.54) is 63.4 Å². The summed E-state index contributed by atoms with van der Waals surface area (Å²) in [6.07, 6.45) is 13.9. The lowest BCUT2D eigenvalue weighted by atomic mass is 10.1. The van der Waals surface area contributed by atoms with Gasteiger partial charge in [0.15, 0.2) is 0 Å². The first-order valence-electron chi connectivity index (χ1n) is 10.3. The lowest BCUT2D eigenvalue weighted by Crippen LogP contribution is -2.29. The monoisotopic (exact) mass is 344 g/mol. The highest BCUT2D eigenvalue weighted by molar-refractivity contribution is 5.84. The Morgan fingerprint density at radius 1 is 0.960 bits per heavy atom. The van der Waals surface area contributed by atoms with Gasteiger partial charge in [-0.2, -0.15) is 0 Å². The zero-order valence-corrected chi connectivity index (χ0v) is 15.8. The summed E-state index contributed by atoms with van der Waals surface area (Å²) < 4.78 is 16.8. The minimum atomic E-state index is -0.0637. The number of halogens is 1. The third-order valence-corrected chi connectivity index (χ3v) is 5.53. The third kappa shape index (κ3) is 4.84. The average Bonchev–Trinajstić information content (AvgIpc) is 2.98. The van der Waals surface area contributed by atoms with Crippen molar-refractivity contribution >= 4 is 10.9 Å². The molecule has 0 aliphatic carbocycles. The molecule has 0 spiro atoms. The van der Waals surface area contributed by atoms with Crippen LogP contribution in [0.2, 0.25) is 0 Å². The fourth-order valence-electron chi connectivity index (χ4n) is 4.12. The van der Waals surface area contributed by atoms with Crippen LogP contribution in [-0.4, -0.2) is 22.6 Å². The van der Waals surface area contributed by atoms with Crippen LogP contribution in [0.15, 0.2) is 24.4 Å². The van der Waals surface area contributed by atoms with Gasteiger partial charge < -0.3 is 4.57 Å². The Balaban J connectivity index is 1.69. The maximum atomic E-state index is 14.5. The van der Waals surface area contributed by atoms with Crippen LogP contribution >= 0.6 is 0 Å². The molecule has 0 amide bonds. The van der Waals surface area contributed by atoms with Gasteiger partial charge in [0.2, 0.25) is 0 Å². The molecule has 0 bridgehead atoms. The Morgan fingerprint density at radius 2 is 1.72 bits per heavy atom. The van der Waals surface area contributed by atoms with Gasteiger partial charge in [-0.3, -0.25) is 4.90 Å². The van der Waals surface area contributed by atoms with Crippen LogP contribution in [0.4, 0.5) is 4.39 Å². The van der Waals surface area contributed by atoms with Crippen molar-refractivity contribution in [3.63, 3.8) is 0 Å². The number of hydrogen-bond donors (Lipinski definition) is 0. The first kappa shape index (κ1) is 18.4. The molecule has 0 atom stereocenters. The molecular weight excluding hydrogens is 311 g/mol. The second-order valence-electron chi connectivity index (χ2n) is 7.59. The molecule has 0 unspecified atom stereocenters. The van der Waals surface area contributed by atoms with Gasteiger partial charge in [0, 0.05) is 24.7 Å². The van der Waals surface area contributed by atoms with Crippen molar-refractivity contribution in [1.29, 1.82) is 0 Å². The van der Waals surface area contributed by atoms with Crippen LogP contribution in [0, 0.1) is 5.82 Å². The van der Waals surface area contributed by atoms with E-state index < -0.39 is 0 Å². The van der Waals surface area contributed by atoms with E-state index in [9.17, 15) is 4.39 Å². The summed E-state index contributed by atoms with van der Waals surface area (Å²) in [6.45, 7) is 6.45. The van der Waals surface area contributed by atoms with Crippen molar-refractivity contribution in [3.05, 3.63) is 35.8 Å². The molecule has 2 heterocycles. The Hall–Kier alpha value is -1.35. The maximum absolute atomic E-state index is 14.5. The molecule has 0 radical (unpaired) electrons. The number of benzene rings is 1. The number of likely N-dealkylation sites (tertiary alicyclic amines) is 1. The molecule has 2 nitrogen and oxygen atoms in total. The van der Waals surface area contributed by atoms with Gasteiger partial charge >= 0.3 is 0 Å². The predicted octanol–water partition coefficient (Wildman–Crippen LogP) is 6.13. The highest BCUT2D eigenvalue weighted by Crippen LogP contribution is 2.27. The summed E-state index contributed by atoms with van der Waals surface area (Å²) in [6, 6.07) is 5.53. The van der Waals surface area contributed by atoms with Gasteiger partial charge in [0.05, 0.1) is 5.52 Å². The molecule has 1 aromatic carbocycles. The number of hydrogen-bond acceptors (Lipinski definition) is 1. The van der Waals surface area contributed by atoms with Crippen molar-refractivity contribution in [1.82, 2.24) is 9.47 Å². The van der Waals surface area contributed by atoms with Gasteiger partial charge in [0.1, 0.15) is 5.82 Å². The fourth-order valence-corrected chi connectivity index (χ4v) is 4.12. The molecule has 138 valence electrons. The Bertz CT molecular complexity index is 655. The molecule has 1 fully saturated rings. The number of piperidine rings is 1. The minimum Gasteiger partial charge on any atom is -0.347 e. The molecule has 1 saturated heterocycles. The average molecular weight is 345 g/mol. The van der Waals surface area contributed by atoms with E-state index in [4.69, 9.17) is 0 Å². The molecule has 1 aromatic heterocycles. The summed E-state index contributed by atoms with van der Waals surface area (Å²) >= 11 is 0. The van der Waals surface area contributed by atoms with Crippen LogP contribution in [0.1, 0.15) is 70.3 Å². The molecule has 3 rings (SSSR count). The first-order chi connectivity index (χ1) is 12.3. The largest absolute Gasteiger partial charge is 0.347 e. The van der Waals surface area contributed by atoms with Crippen LogP contribution in [0.5, 0.6) is 0 Å². The molecule has 0 saturated carbocycles. The van der Waals surface area contributed by atoms with E-state index >= 15 is 0 Å². The smallest absolute Gasteiger partial charge is 0.132 e. The standard InChI is InChI=1S/C22H33FN2/c1-2-3-4-5-6-10-16-25-18-19(17-24-14-8-7-9-15-24)22-20(23)12-11-13-21(22)25/h11-13,18H,2-10,14-17H2,1H3. The van der Waals surface area contributed by atoms with Crippen LogP contribution in [0.25, 0.3) is 10.9 Å². The van der Waals surface area contributed by atoms with E-state index in [-0.39, 0.29) is 5.82 Å². The highest BCUT2D eigenvalue weighted by Gasteiger charge is 2.16. The summed E-state index contributed by atoms with van der Waals surface area (Å²) in [5, 5.41) is 0.846. The third-order valence-electron chi connectivity index (χ3n) is 5.53. The lowest BCUT2D eigenvalue weighted by molar-refractivity contribution is 0.221. The van der Waals surface area contributed by atoms with E-state index in [0.29, 0.717) is 0 Å². The van der Waals surface area contributed by atoms with Crippen molar-refractivity contribution in [3.8, 4) is 0 Å². The molecule has 2 aromatic rings. The SMILES string of the molecule is CCCCCCCCn1cc(CN2CCCCC2)c2c(F)cccc21. The van der Waals surface area contributed by atoms with Crippen molar-refractivity contribution < 1.29 is 4.39 Å². The summed E-state index contributed by atoms with van der Waals surface area (Å²) in [5.41, 5.74) is 2.24. The number of unbranched alkanes of at least 4 members (excludes halogenated alkanes) is 5. The van der Waals surface area contributed by atoms with Gasteiger partial charge in [-0.1, -0.05) is 51.5 Å². The van der Waals surface area contributed by atoms with Crippen molar-refractivity contribution in [2.75, 3.05) is 13.1 Å². The Kier molecular flexibility index (Phi) is 6.92. The zero-order chi connectivity index (χ0) is 17.5. The van der Waals surface area contributed by atoms with E-state index in [1.807, 2.05) is 6.07 Å². The van der Waals surface area contributed by atoms with E-state index in [2.05, 4.69) is 28.7 Å². The molecule has 1 aliphatic rings. The molecule has 25 heavy (non-hydrogen) atoms. The minimum absolute atomic E-state index is 0.0637. The quantitative estimate of drug-likeness (QED) is 0.497. The van der Waals surface area contributed by atoms with Crippen LogP contribution in [0.3, 0.4) is 0 Å². The number of rotatable bonds is 9. The summed E-state index contributed by atoms with van der Waals surface area (Å²) in [7, 11) is 0. The number of aryl methyl sites for hydroxylation is 1. The Morgan fingerprint density at radius 3 is 2.52 bits per heavy atom. The molecular formula is C22H33FN2. The van der Waals surface area contributed by atoms with Gasteiger partial charge in [0.25, 0.3) is 0 Å². The lowest BCUT2D eigenvalue weighted by Gasteiger charge is -2.26. The van der Waals surface area contributed by atoms with Gasteiger partial charge in [-0.05, 0) is 50.0 Å². The topological polar surface area (TPSA) is 8.17 Å². The maximum Gasteiger partial charge on any atom is 0.132 e. The van der Waals surface area contributed by atoms with Gasteiger partial charge in [-0.15, -0.1) is 0 Å². The van der Waals surface area contributed by atoms with E-state index in [1.54, 1.807) is 6.07 Å². The summed E-state index contributed by atoms with van der Waals surface area (Å²) in [4.78, 5) is 2.49. The number of nitrogens with zero attached hydrogens (tertiary/aromatic N) is 2.